The van der Waals surface area contributed by atoms with Crippen LogP contribution in [0.2, 0.25) is 0 Å². The molecular weight excluding hydrogens is 247 g/mol. The molecule has 5 heteroatoms. The molecule has 0 spiro atoms. The zero-order valence-corrected chi connectivity index (χ0v) is 11.5. The minimum absolute atomic E-state index is 0.135. The molecular formula is C14H19FN2O2. The highest BCUT2D eigenvalue weighted by molar-refractivity contribution is 5.68. The largest absolute Gasteiger partial charge is 0.444 e. The molecule has 0 N–H and O–H groups in total. The van der Waals surface area contributed by atoms with Crippen LogP contribution in [0.3, 0.4) is 0 Å². The predicted octanol–water partition coefficient (Wildman–Crippen LogP) is 2.95. The zero-order chi connectivity index (χ0) is 14.0. The summed E-state index contributed by atoms with van der Waals surface area (Å²) in [7, 11) is 0. The molecule has 0 aromatic carbocycles. The van der Waals surface area contributed by atoms with Crippen LogP contribution in [0.1, 0.15) is 38.7 Å². The van der Waals surface area contributed by atoms with Crippen molar-refractivity contribution in [2.75, 3.05) is 13.1 Å². The third kappa shape index (κ3) is 3.66. The molecule has 0 saturated carbocycles. The lowest BCUT2D eigenvalue weighted by Gasteiger charge is -2.24. The van der Waals surface area contributed by atoms with Gasteiger partial charge < -0.3 is 9.64 Å². The van der Waals surface area contributed by atoms with Crippen LogP contribution in [0.25, 0.3) is 0 Å². The lowest BCUT2D eigenvalue weighted by atomic mass is 10.0. The first kappa shape index (κ1) is 13.8. The Morgan fingerprint density at radius 3 is 2.84 bits per heavy atom. The van der Waals surface area contributed by atoms with Gasteiger partial charge in [-0.05, 0) is 38.8 Å². The van der Waals surface area contributed by atoms with E-state index in [1.165, 1.54) is 12.3 Å². The summed E-state index contributed by atoms with van der Waals surface area (Å²) in [6.07, 6.45) is 3.35. The number of pyridine rings is 1. The molecule has 1 aliphatic rings. The molecule has 0 aliphatic carbocycles. The van der Waals surface area contributed by atoms with Crippen LogP contribution in [0.4, 0.5) is 9.18 Å². The topological polar surface area (TPSA) is 42.4 Å². The van der Waals surface area contributed by atoms with Gasteiger partial charge in [0.2, 0.25) is 0 Å². The van der Waals surface area contributed by atoms with Crippen molar-refractivity contribution < 1.29 is 13.9 Å². The van der Waals surface area contributed by atoms with Crippen molar-refractivity contribution in [3.8, 4) is 0 Å². The van der Waals surface area contributed by atoms with Crippen molar-refractivity contribution in [3.05, 3.63) is 29.8 Å². The maximum atomic E-state index is 13.1. The van der Waals surface area contributed by atoms with Gasteiger partial charge in [-0.2, -0.15) is 0 Å². The Hall–Kier alpha value is -1.65. The molecule has 0 bridgehead atoms. The third-order valence-electron chi connectivity index (χ3n) is 3.04. The Kier molecular flexibility index (Phi) is 3.73. The third-order valence-corrected chi connectivity index (χ3v) is 3.04. The molecule has 1 saturated heterocycles. The van der Waals surface area contributed by atoms with Gasteiger partial charge in [0.05, 0.1) is 6.20 Å². The summed E-state index contributed by atoms with van der Waals surface area (Å²) in [5.74, 6) is -0.205. The first-order chi connectivity index (χ1) is 8.85. The Labute approximate surface area is 112 Å². The highest BCUT2D eigenvalue weighted by Crippen LogP contribution is 2.28. The second-order valence-corrected chi connectivity index (χ2v) is 5.85. The monoisotopic (exact) mass is 266 g/mol. The summed E-state index contributed by atoms with van der Waals surface area (Å²) in [6.45, 7) is 6.72. The van der Waals surface area contributed by atoms with Crippen molar-refractivity contribution in [2.24, 2.45) is 0 Å². The number of carbonyl (C=O) groups is 1. The van der Waals surface area contributed by atoms with E-state index in [9.17, 15) is 9.18 Å². The standard InChI is InChI=1S/C14H19FN2O2/c1-14(2,3)19-13(18)17-5-4-10(9-17)11-6-12(15)8-16-7-11/h6-8,10H,4-5,9H2,1-3H3. The second-order valence-electron chi connectivity index (χ2n) is 5.85. The first-order valence-electron chi connectivity index (χ1n) is 6.43. The van der Waals surface area contributed by atoms with Gasteiger partial charge in [0.1, 0.15) is 11.4 Å². The smallest absolute Gasteiger partial charge is 0.410 e. The number of hydrogen-bond donors (Lipinski definition) is 0. The van der Waals surface area contributed by atoms with Crippen LogP contribution in [-0.2, 0) is 4.74 Å². The van der Waals surface area contributed by atoms with Crippen LogP contribution in [0.15, 0.2) is 18.5 Å². The van der Waals surface area contributed by atoms with Crippen molar-refractivity contribution in [2.45, 2.75) is 38.7 Å². The van der Waals surface area contributed by atoms with E-state index in [2.05, 4.69) is 4.98 Å². The van der Waals surface area contributed by atoms with E-state index in [1.54, 1.807) is 11.1 Å². The van der Waals surface area contributed by atoms with Gasteiger partial charge in [0.25, 0.3) is 0 Å². The summed E-state index contributed by atoms with van der Waals surface area (Å²) in [6, 6.07) is 1.48. The molecule has 1 atom stereocenters. The van der Waals surface area contributed by atoms with Gasteiger partial charge in [-0.25, -0.2) is 9.18 Å². The zero-order valence-electron chi connectivity index (χ0n) is 11.5. The number of carbonyl (C=O) groups excluding carboxylic acids is 1. The number of halogens is 1. The van der Waals surface area contributed by atoms with Gasteiger partial charge in [0, 0.05) is 25.2 Å². The van der Waals surface area contributed by atoms with Gasteiger partial charge in [-0.1, -0.05) is 0 Å². The van der Waals surface area contributed by atoms with Crippen LogP contribution in [0.5, 0.6) is 0 Å². The van der Waals surface area contributed by atoms with Crippen LogP contribution >= 0.6 is 0 Å². The molecule has 1 fully saturated rings. The molecule has 0 radical (unpaired) electrons. The van der Waals surface area contributed by atoms with Crippen molar-refractivity contribution in [1.82, 2.24) is 9.88 Å². The summed E-state index contributed by atoms with van der Waals surface area (Å²) >= 11 is 0. The van der Waals surface area contributed by atoms with E-state index < -0.39 is 5.60 Å². The van der Waals surface area contributed by atoms with E-state index in [0.717, 1.165) is 12.0 Å². The number of ether oxygens (including phenoxy) is 1. The molecule has 2 heterocycles. The number of amides is 1. The summed E-state index contributed by atoms with van der Waals surface area (Å²) in [5, 5.41) is 0. The van der Waals surface area contributed by atoms with Crippen LogP contribution < -0.4 is 0 Å². The Morgan fingerprint density at radius 2 is 2.21 bits per heavy atom. The molecule has 1 aromatic rings. The van der Waals surface area contributed by atoms with Crippen molar-refractivity contribution in [3.63, 3.8) is 0 Å². The quantitative estimate of drug-likeness (QED) is 0.785. The van der Waals surface area contributed by atoms with E-state index in [0.29, 0.717) is 13.1 Å². The summed E-state index contributed by atoms with van der Waals surface area (Å²) in [5.41, 5.74) is 0.348. The maximum Gasteiger partial charge on any atom is 0.410 e. The minimum Gasteiger partial charge on any atom is -0.444 e. The molecule has 1 aliphatic heterocycles. The number of nitrogens with zero attached hydrogens (tertiary/aromatic N) is 2. The fourth-order valence-electron chi connectivity index (χ4n) is 2.18. The fourth-order valence-corrected chi connectivity index (χ4v) is 2.18. The molecule has 1 amide bonds. The van der Waals surface area contributed by atoms with Crippen molar-refractivity contribution in [1.29, 1.82) is 0 Å². The molecule has 4 nitrogen and oxygen atoms in total. The first-order valence-corrected chi connectivity index (χ1v) is 6.43. The Balaban J connectivity index is 1.98. The average Bonchev–Trinajstić information content (AvgIpc) is 2.75. The number of aromatic nitrogens is 1. The lowest BCUT2D eigenvalue weighted by Crippen LogP contribution is -2.35. The van der Waals surface area contributed by atoms with Crippen LogP contribution in [0, 0.1) is 5.82 Å². The van der Waals surface area contributed by atoms with E-state index in [1.807, 2.05) is 20.8 Å². The lowest BCUT2D eigenvalue weighted by molar-refractivity contribution is 0.0292. The van der Waals surface area contributed by atoms with Gasteiger partial charge in [-0.3, -0.25) is 4.98 Å². The highest BCUT2D eigenvalue weighted by atomic mass is 19.1. The fraction of sp³-hybridized carbons (Fsp3) is 0.571. The number of hydrogen-bond acceptors (Lipinski definition) is 3. The van der Waals surface area contributed by atoms with E-state index in [4.69, 9.17) is 4.74 Å². The Morgan fingerprint density at radius 1 is 1.47 bits per heavy atom. The maximum absolute atomic E-state index is 13.1. The number of likely N-dealkylation sites (tertiary alicyclic amines) is 1. The van der Waals surface area contributed by atoms with Gasteiger partial charge in [-0.15, -0.1) is 0 Å². The SMILES string of the molecule is CC(C)(C)OC(=O)N1CCC(c2cncc(F)c2)C1. The van der Waals surface area contributed by atoms with Gasteiger partial charge in [0.15, 0.2) is 0 Å². The second kappa shape index (κ2) is 5.15. The van der Waals surface area contributed by atoms with E-state index >= 15 is 0 Å². The summed E-state index contributed by atoms with van der Waals surface area (Å²) in [4.78, 5) is 17.4. The minimum atomic E-state index is -0.490. The van der Waals surface area contributed by atoms with E-state index in [-0.39, 0.29) is 17.8 Å². The normalized spacial score (nSPS) is 19.6. The average molecular weight is 266 g/mol. The number of rotatable bonds is 1. The molecule has 1 unspecified atom stereocenters. The summed E-state index contributed by atoms with van der Waals surface area (Å²) < 4.78 is 18.5. The molecule has 1 aromatic heterocycles. The van der Waals surface area contributed by atoms with Crippen LogP contribution in [-0.4, -0.2) is 34.7 Å². The van der Waals surface area contributed by atoms with Crippen molar-refractivity contribution >= 4 is 6.09 Å². The molecule has 19 heavy (non-hydrogen) atoms. The molecule has 104 valence electrons. The predicted molar refractivity (Wildman–Crippen MR) is 69.4 cm³/mol. The van der Waals surface area contributed by atoms with Gasteiger partial charge >= 0.3 is 6.09 Å². The Bertz CT molecular complexity index is 471. The highest BCUT2D eigenvalue weighted by Gasteiger charge is 2.30. The molecule has 2 rings (SSSR count).